The summed E-state index contributed by atoms with van der Waals surface area (Å²) < 4.78 is 0. The molecule has 1 unspecified atom stereocenters. The molecule has 0 radical (unpaired) electrons. The van der Waals surface area contributed by atoms with Gasteiger partial charge in [0.25, 0.3) is 0 Å². The molecule has 3 heteroatoms. The molecule has 1 aromatic rings. The second-order valence-corrected chi connectivity index (χ2v) is 7.33. The Hall–Kier alpha value is -0.900. The number of rotatable bonds is 4. The molecule has 2 aliphatic heterocycles. The van der Waals surface area contributed by atoms with E-state index in [4.69, 9.17) is 0 Å². The number of aliphatic hydroxyl groups excluding tert-OH is 1. The van der Waals surface area contributed by atoms with Gasteiger partial charge in [-0.15, -0.1) is 0 Å². The molecule has 2 aliphatic rings. The highest BCUT2D eigenvalue weighted by Gasteiger charge is 2.22. The molecule has 1 fully saturated rings. The SMILES string of the molecule is Cc1cccc2c1CCN(CC(O)CN1CCC(C)CC1)C2. The quantitative estimate of drug-likeness (QED) is 0.925. The van der Waals surface area contributed by atoms with E-state index in [2.05, 4.69) is 41.8 Å². The van der Waals surface area contributed by atoms with Crippen LogP contribution in [0.3, 0.4) is 0 Å². The fourth-order valence-electron chi connectivity index (χ4n) is 3.91. The van der Waals surface area contributed by atoms with Crippen molar-refractivity contribution < 1.29 is 5.11 Å². The van der Waals surface area contributed by atoms with Crippen molar-refractivity contribution in [3.05, 3.63) is 34.9 Å². The van der Waals surface area contributed by atoms with Gasteiger partial charge in [0.2, 0.25) is 0 Å². The third-order valence-corrected chi connectivity index (χ3v) is 5.39. The summed E-state index contributed by atoms with van der Waals surface area (Å²) in [6.45, 7) is 10.6. The van der Waals surface area contributed by atoms with Crippen molar-refractivity contribution in [3.8, 4) is 0 Å². The molecule has 2 heterocycles. The molecule has 22 heavy (non-hydrogen) atoms. The Morgan fingerprint density at radius 3 is 2.64 bits per heavy atom. The lowest BCUT2D eigenvalue weighted by atomic mass is 9.95. The van der Waals surface area contributed by atoms with Crippen LogP contribution in [-0.2, 0) is 13.0 Å². The van der Waals surface area contributed by atoms with Crippen LogP contribution in [0.15, 0.2) is 18.2 Å². The summed E-state index contributed by atoms with van der Waals surface area (Å²) in [5, 5.41) is 10.4. The van der Waals surface area contributed by atoms with Gasteiger partial charge < -0.3 is 10.0 Å². The number of aliphatic hydroxyl groups is 1. The third kappa shape index (κ3) is 3.89. The minimum Gasteiger partial charge on any atom is -0.390 e. The van der Waals surface area contributed by atoms with Crippen molar-refractivity contribution in [1.82, 2.24) is 9.80 Å². The lowest BCUT2D eigenvalue weighted by Gasteiger charge is -2.35. The van der Waals surface area contributed by atoms with Gasteiger partial charge >= 0.3 is 0 Å². The number of piperidine rings is 1. The largest absolute Gasteiger partial charge is 0.390 e. The van der Waals surface area contributed by atoms with E-state index >= 15 is 0 Å². The van der Waals surface area contributed by atoms with Crippen molar-refractivity contribution in [2.75, 3.05) is 32.7 Å². The summed E-state index contributed by atoms with van der Waals surface area (Å²) in [5.41, 5.74) is 4.39. The van der Waals surface area contributed by atoms with Gasteiger partial charge in [-0.05, 0) is 61.9 Å². The Morgan fingerprint density at radius 2 is 1.86 bits per heavy atom. The predicted octanol–water partition coefficient (Wildman–Crippen LogP) is 2.45. The van der Waals surface area contributed by atoms with Gasteiger partial charge in [-0.3, -0.25) is 4.90 Å². The number of hydrogen-bond acceptors (Lipinski definition) is 3. The summed E-state index contributed by atoms with van der Waals surface area (Å²) in [7, 11) is 0. The van der Waals surface area contributed by atoms with Crippen molar-refractivity contribution >= 4 is 0 Å². The molecule has 1 aromatic carbocycles. The molecule has 3 rings (SSSR count). The van der Waals surface area contributed by atoms with Crippen molar-refractivity contribution in [3.63, 3.8) is 0 Å². The van der Waals surface area contributed by atoms with Crippen LogP contribution in [0.1, 0.15) is 36.5 Å². The molecule has 0 aliphatic carbocycles. The van der Waals surface area contributed by atoms with E-state index in [0.717, 1.165) is 51.6 Å². The number of β-amino-alcohol motifs (C(OH)–C–C–N with tert-alkyl or cyclic N) is 1. The predicted molar refractivity (Wildman–Crippen MR) is 91.0 cm³/mol. The van der Waals surface area contributed by atoms with E-state index in [1.807, 2.05) is 0 Å². The molecule has 1 atom stereocenters. The topological polar surface area (TPSA) is 26.7 Å². The number of benzene rings is 1. The number of fused-ring (bicyclic) bond motifs is 1. The second-order valence-electron chi connectivity index (χ2n) is 7.33. The average molecular weight is 302 g/mol. The monoisotopic (exact) mass is 302 g/mol. The lowest BCUT2D eigenvalue weighted by Crippen LogP contribution is -2.44. The molecule has 3 nitrogen and oxygen atoms in total. The first-order chi connectivity index (χ1) is 10.6. The van der Waals surface area contributed by atoms with Crippen LogP contribution in [-0.4, -0.2) is 53.7 Å². The third-order valence-electron chi connectivity index (χ3n) is 5.39. The second kappa shape index (κ2) is 7.12. The molecule has 0 saturated carbocycles. The van der Waals surface area contributed by atoms with Crippen LogP contribution in [0.4, 0.5) is 0 Å². The number of nitrogens with zero attached hydrogens (tertiary/aromatic N) is 2. The van der Waals surface area contributed by atoms with Gasteiger partial charge in [0.05, 0.1) is 6.10 Å². The maximum Gasteiger partial charge on any atom is 0.0793 e. The highest BCUT2D eigenvalue weighted by Crippen LogP contribution is 2.22. The van der Waals surface area contributed by atoms with Gasteiger partial charge in [-0.2, -0.15) is 0 Å². The molecular weight excluding hydrogens is 272 g/mol. The van der Waals surface area contributed by atoms with Crippen molar-refractivity contribution in [2.24, 2.45) is 5.92 Å². The first-order valence-corrected chi connectivity index (χ1v) is 8.82. The van der Waals surface area contributed by atoms with E-state index in [0.29, 0.717) is 0 Å². The van der Waals surface area contributed by atoms with Crippen LogP contribution in [0.5, 0.6) is 0 Å². The molecular formula is C19H30N2O. The smallest absolute Gasteiger partial charge is 0.0793 e. The first kappa shape index (κ1) is 16.0. The zero-order valence-corrected chi connectivity index (χ0v) is 14.1. The highest BCUT2D eigenvalue weighted by molar-refractivity contribution is 5.36. The molecule has 0 aromatic heterocycles. The number of likely N-dealkylation sites (tertiary alicyclic amines) is 1. The van der Waals surface area contributed by atoms with Crippen molar-refractivity contribution in [2.45, 2.75) is 45.8 Å². The van der Waals surface area contributed by atoms with Gasteiger partial charge in [0, 0.05) is 26.2 Å². The normalized spacial score (nSPS) is 22.5. The zero-order valence-electron chi connectivity index (χ0n) is 14.1. The van der Waals surface area contributed by atoms with E-state index in [1.54, 1.807) is 0 Å². The summed E-state index contributed by atoms with van der Waals surface area (Å²) in [5.74, 6) is 0.857. The van der Waals surface area contributed by atoms with Gasteiger partial charge in [0.1, 0.15) is 0 Å². The average Bonchev–Trinajstić information content (AvgIpc) is 2.50. The minimum absolute atomic E-state index is 0.222. The lowest BCUT2D eigenvalue weighted by molar-refractivity contribution is 0.0575. The Morgan fingerprint density at radius 1 is 1.14 bits per heavy atom. The van der Waals surface area contributed by atoms with Crippen LogP contribution in [0, 0.1) is 12.8 Å². The van der Waals surface area contributed by atoms with Gasteiger partial charge in [0.15, 0.2) is 0 Å². The molecule has 1 saturated heterocycles. The Bertz CT molecular complexity index is 494. The van der Waals surface area contributed by atoms with Crippen LogP contribution >= 0.6 is 0 Å². The Kier molecular flexibility index (Phi) is 5.17. The van der Waals surface area contributed by atoms with E-state index in [9.17, 15) is 5.11 Å². The molecule has 0 bridgehead atoms. The maximum absolute atomic E-state index is 10.4. The number of hydrogen-bond donors (Lipinski definition) is 1. The molecule has 0 amide bonds. The van der Waals surface area contributed by atoms with Crippen LogP contribution in [0.2, 0.25) is 0 Å². The van der Waals surface area contributed by atoms with Gasteiger partial charge in [-0.1, -0.05) is 25.1 Å². The van der Waals surface area contributed by atoms with Crippen LogP contribution in [0.25, 0.3) is 0 Å². The minimum atomic E-state index is -0.222. The summed E-state index contributed by atoms with van der Waals surface area (Å²) in [4.78, 5) is 4.85. The fraction of sp³-hybridized carbons (Fsp3) is 0.684. The number of aryl methyl sites for hydroxylation is 1. The maximum atomic E-state index is 10.4. The highest BCUT2D eigenvalue weighted by atomic mass is 16.3. The fourth-order valence-corrected chi connectivity index (χ4v) is 3.91. The Balaban J connectivity index is 1.49. The van der Waals surface area contributed by atoms with Crippen LogP contribution < -0.4 is 0 Å². The van der Waals surface area contributed by atoms with E-state index in [1.165, 1.54) is 29.5 Å². The Labute approximate surface area is 134 Å². The summed E-state index contributed by atoms with van der Waals surface area (Å²) >= 11 is 0. The molecule has 1 N–H and O–H groups in total. The zero-order chi connectivity index (χ0) is 15.5. The van der Waals surface area contributed by atoms with E-state index in [-0.39, 0.29) is 6.10 Å². The van der Waals surface area contributed by atoms with E-state index < -0.39 is 0 Å². The molecule has 122 valence electrons. The molecule has 0 spiro atoms. The van der Waals surface area contributed by atoms with Crippen molar-refractivity contribution in [1.29, 1.82) is 0 Å². The van der Waals surface area contributed by atoms with Gasteiger partial charge in [-0.25, -0.2) is 0 Å². The summed E-state index contributed by atoms with van der Waals surface area (Å²) in [6.07, 6.45) is 3.46. The first-order valence-electron chi connectivity index (χ1n) is 8.82. The summed E-state index contributed by atoms with van der Waals surface area (Å²) in [6, 6.07) is 6.61. The standard InChI is InChI=1S/C19H30N2O/c1-15-6-9-20(10-7-15)13-18(22)14-21-11-8-19-16(2)4-3-5-17(19)12-21/h3-5,15,18,22H,6-14H2,1-2H3.